The maximum atomic E-state index is 13.9. The molecule has 2 aromatic heterocycles. The second-order valence-electron chi connectivity index (χ2n) is 12.5. The number of likely N-dealkylation sites (tertiary alicyclic amines) is 1. The van der Waals surface area contributed by atoms with E-state index in [1.807, 2.05) is 6.07 Å². The summed E-state index contributed by atoms with van der Waals surface area (Å²) < 4.78 is 39.7. The lowest BCUT2D eigenvalue weighted by Crippen LogP contribution is -2.65. The summed E-state index contributed by atoms with van der Waals surface area (Å²) >= 11 is 0. The molecule has 1 saturated heterocycles. The first-order valence-electron chi connectivity index (χ1n) is 13.5. The molecule has 4 heterocycles. The Labute approximate surface area is 221 Å². The van der Waals surface area contributed by atoms with Crippen LogP contribution in [0.15, 0.2) is 48.7 Å². The first kappa shape index (κ1) is 25.4. The summed E-state index contributed by atoms with van der Waals surface area (Å²) in [4.78, 5) is 7.96. The third-order valence-corrected chi connectivity index (χ3v) is 8.26. The van der Waals surface area contributed by atoms with Crippen LogP contribution < -0.4 is 0 Å². The Hall–Kier alpha value is -2.84. The number of nitrogens with one attached hydrogen (secondary N) is 2. The minimum atomic E-state index is -2.40. The highest BCUT2D eigenvalue weighted by Gasteiger charge is 2.61. The Balaban J connectivity index is 0.000000139. The average Bonchev–Trinajstić information content (AvgIpc) is 3.40. The molecule has 202 valence electrons. The lowest BCUT2D eigenvalue weighted by Gasteiger charge is -2.58. The van der Waals surface area contributed by atoms with E-state index in [1.54, 1.807) is 20.0 Å². The van der Waals surface area contributed by atoms with Gasteiger partial charge >= 0.3 is 0 Å². The van der Waals surface area contributed by atoms with Crippen LogP contribution in [0.4, 0.5) is 13.2 Å². The van der Waals surface area contributed by atoms with E-state index in [2.05, 4.69) is 68.3 Å². The van der Waals surface area contributed by atoms with Crippen molar-refractivity contribution < 1.29 is 13.2 Å². The highest BCUT2D eigenvalue weighted by atomic mass is 19.3. The second-order valence-corrected chi connectivity index (χ2v) is 12.5. The van der Waals surface area contributed by atoms with Crippen molar-refractivity contribution in [3.05, 3.63) is 65.5 Å². The van der Waals surface area contributed by atoms with Gasteiger partial charge in [-0.15, -0.1) is 0 Å². The van der Waals surface area contributed by atoms with Crippen molar-refractivity contribution in [1.82, 2.24) is 25.0 Å². The molecule has 1 spiro atoms. The largest absolute Gasteiger partial charge is 0.357 e. The van der Waals surface area contributed by atoms with E-state index < -0.39 is 11.6 Å². The molecule has 2 aliphatic heterocycles. The van der Waals surface area contributed by atoms with Gasteiger partial charge < -0.3 is 4.98 Å². The van der Waals surface area contributed by atoms with Gasteiger partial charge in [-0.2, -0.15) is 5.10 Å². The van der Waals surface area contributed by atoms with Gasteiger partial charge in [0.25, 0.3) is 0 Å². The smallest absolute Gasteiger partial charge is 0.249 e. The maximum Gasteiger partial charge on any atom is 0.249 e. The molecule has 7 rings (SSSR count). The van der Waals surface area contributed by atoms with Crippen molar-refractivity contribution in [2.75, 3.05) is 19.6 Å². The summed E-state index contributed by atoms with van der Waals surface area (Å²) in [5.41, 5.74) is 4.88. The molecule has 5 nitrogen and oxygen atoms in total. The van der Waals surface area contributed by atoms with Gasteiger partial charge in [-0.05, 0) is 50.5 Å². The lowest BCUT2D eigenvalue weighted by molar-refractivity contribution is -0.214. The van der Waals surface area contributed by atoms with Crippen molar-refractivity contribution in [3.8, 4) is 0 Å². The quantitative estimate of drug-likeness (QED) is 0.323. The monoisotopic (exact) mass is 523 g/mol. The Morgan fingerprint density at radius 3 is 2.58 bits per heavy atom. The molecule has 0 bridgehead atoms. The SMILES string of the molecule is CC1Cc2c([nH]c3ccccc23)CN1CC(C)(C)F.FC1(F)CC2(CN(Cc3ccc4cn[nH]c4c3)C2)C1. The van der Waals surface area contributed by atoms with Crippen molar-refractivity contribution in [2.45, 2.75) is 70.8 Å². The van der Waals surface area contributed by atoms with Crippen LogP contribution in [-0.2, 0) is 19.5 Å². The van der Waals surface area contributed by atoms with E-state index in [0.29, 0.717) is 12.6 Å². The van der Waals surface area contributed by atoms with Crippen molar-refractivity contribution in [3.63, 3.8) is 0 Å². The molecule has 38 heavy (non-hydrogen) atoms. The highest BCUT2D eigenvalue weighted by molar-refractivity contribution is 5.85. The third-order valence-electron chi connectivity index (χ3n) is 8.26. The van der Waals surface area contributed by atoms with E-state index in [9.17, 15) is 13.2 Å². The molecule has 1 saturated carbocycles. The number of halogens is 3. The van der Waals surface area contributed by atoms with Crippen LogP contribution in [0.1, 0.15) is 50.4 Å². The molecular formula is C30H36F3N5. The zero-order valence-electron chi connectivity index (χ0n) is 22.3. The predicted molar refractivity (Wildman–Crippen MR) is 145 cm³/mol. The van der Waals surface area contributed by atoms with Crippen LogP contribution in [0.5, 0.6) is 0 Å². The number of nitrogens with zero attached hydrogens (tertiary/aromatic N) is 3. The van der Waals surface area contributed by atoms with E-state index in [0.717, 1.165) is 43.5 Å². The first-order valence-corrected chi connectivity index (χ1v) is 13.5. The standard InChI is InChI=1S/C16H21FN2.C14H15F2N3/c1-11-8-13-12-6-4-5-7-14(12)18-15(13)9-19(11)10-16(2,3)17;15-14(16)6-13(7-14)8-19(9-13)5-10-1-2-11-4-17-18-12(11)3-10/h4-7,11,18H,8-10H2,1-3H3;1-4H,5-9H2,(H,17,18). The van der Waals surface area contributed by atoms with Gasteiger partial charge in [0.05, 0.1) is 11.7 Å². The lowest BCUT2D eigenvalue weighted by atomic mass is 9.61. The predicted octanol–water partition coefficient (Wildman–Crippen LogP) is 6.46. The van der Waals surface area contributed by atoms with Crippen molar-refractivity contribution in [1.29, 1.82) is 0 Å². The molecule has 4 aromatic rings. The topological polar surface area (TPSA) is 51.0 Å². The minimum absolute atomic E-state index is 0.0794. The molecule has 1 atom stereocenters. The van der Waals surface area contributed by atoms with Gasteiger partial charge in [-0.1, -0.05) is 30.3 Å². The van der Waals surface area contributed by atoms with E-state index >= 15 is 0 Å². The van der Waals surface area contributed by atoms with Crippen LogP contribution in [0, 0.1) is 5.41 Å². The number of aromatic nitrogens is 3. The number of alkyl halides is 3. The molecule has 0 amide bonds. The van der Waals surface area contributed by atoms with Gasteiger partial charge in [0, 0.05) is 79.0 Å². The molecule has 1 aliphatic carbocycles. The summed E-state index contributed by atoms with van der Waals surface area (Å²) in [7, 11) is 0. The Bertz CT molecular complexity index is 1430. The number of benzene rings is 2. The van der Waals surface area contributed by atoms with Gasteiger partial charge in [-0.25, -0.2) is 13.2 Å². The van der Waals surface area contributed by atoms with Gasteiger partial charge in [0.2, 0.25) is 5.92 Å². The minimum Gasteiger partial charge on any atom is -0.357 e. The summed E-state index contributed by atoms with van der Waals surface area (Å²) in [6, 6.07) is 15.0. The fraction of sp³-hybridized carbons (Fsp3) is 0.500. The van der Waals surface area contributed by atoms with Crippen LogP contribution in [0.3, 0.4) is 0 Å². The molecule has 2 fully saturated rings. The molecular weight excluding hydrogens is 487 g/mol. The van der Waals surface area contributed by atoms with Crippen molar-refractivity contribution in [2.24, 2.45) is 5.41 Å². The Kier molecular flexibility index (Phi) is 6.11. The summed E-state index contributed by atoms with van der Waals surface area (Å²) in [5.74, 6) is -2.40. The zero-order valence-corrected chi connectivity index (χ0v) is 22.3. The molecule has 2 aromatic carbocycles. The average molecular weight is 524 g/mol. The van der Waals surface area contributed by atoms with Crippen LogP contribution >= 0.6 is 0 Å². The summed E-state index contributed by atoms with van der Waals surface area (Å²) in [6.45, 7) is 9.26. The molecule has 0 radical (unpaired) electrons. The molecule has 3 aliphatic rings. The van der Waals surface area contributed by atoms with Gasteiger partial charge in [-0.3, -0.25) is 14.9 Å². The van der Waals surface area contributed by atoms with Crippen LogP contribution in [0.2, 0.25) is 0 Å². The summed E-state index contributed by atoms with van der Waals surface area (Å²) in [6.07, 6.45) is 2.95. The fourth-order valence-electron chi connectivity index (χ4n) is 6.73. The second kappa shape index (κ2) is 9.12. The maximum absolute atomic E-state index is 13.9. The zero-order chi connectivity index (χ0) is 26.7. The number of hydrogen-bond acceptors (Lipinski definition) is 3. The van der Waals surface area contributed by atoms with E-state index in [-0.39, 0.29) is 18.3 Å². The van der Waals surface area contributed by atoms with Crippen LogP contribution in [0.25, 0.3) is 21.8 Å². The van der Waals surface area contributed by atoms with Crippen LogP contribution in [-0.4, -0.2) is 62.2 Å². The normalized spacial score (nSPS) is 22.5. The van der Waals surface area contributed by atoms with E-state index in [4.69, 9.17) is 0 Å². The summed E-state index contributed by atoms with van der Waals surface area (Å²) in [5, 5.41) is 9.37. The van der Waals surface area contributed by atoms with Gasteiger partial charge in [0.1, 0.15) is 5.67 Å². The number of para-hydroxylation sites is 1. The molecule has 1 unspecified atom stereocenters. The number of rotatable bonds is 4. The Morgan fingerprint density at radius 2 is 1.84 bits per heavy atom. The van der Waals surface area contributed by atoms with Gasteiger partial charge in [0.15, 0.2) is 0 Å². The highest BCUT2D eigenvalue weighted by Crippen LogP contribution is 2.56. The van der Waals surface area contributed by atoms with Crippen molar-refractivity contribution >= 4 is 21.8 Å². The molecule has 2 N–H and O–H groups in total. The Morgan fingerprint density at radius 1 is 1.08 bits per heavy atom. The molecule has 8 heteroatoms. The van der Waals surface area contributed by atoms with E-state index in [1.165, 1.54) is 27.7 Å². The number of H-pyrrole nitrogens is 2. The first-order chi connectivity index (χ1) is 18.0. The number of fused-ring (bicyclic) bond motifs is 4. The fourth-order valence-corrected chi connectivity index (χ4v) is 6.73. The number of hydrogen-bond donors (Lipinski definition) is 2. The number of aromatic amines is 2. The third kappa shape index (κ3) is 5.08.